The molecule has 0 aliphatic carbocycles. The zero-order valence-corrected chi connectivity index (χ0v) is 38.9. The Morgan fingerprint density at radius 1 is 0.800 bits per heavy atom. The highest BCUT2D eigenvalue weighted by Crippen LogP contribution is 2.39. The van der Waals surface area contributed by atoms with Gasteiger partial charge in [0.15, 0.2) is 17.1 Å². The molecule has 2 fully saturated rings. The Balaban J connectivity index is 0.929. The molecule has 22 heteroatoms. The van der Waals surface area contributed by atoms with Crippen LogP contribution in [0, 0.1) is 0 Å². The number of aromatic nitrogens is 6. The molecule has 0 bridgehead atoms. The molecule has 5 N–H and O–H groups in total. The number of hydrogen-bond donors (Lipinski definition) is 5. The normalized spacial score (nSPS) is 19.0. The van der Waals surface area contributed by atoms with Gasteiger partial charge in [-0.15, -0.1) is 5.10 Å². The minimum absolute atomic E-state index is 0.0339. The maximum Gasteiger partial charge on any atom is 0.263 e. The first kappa shape index (κ1) is 46.4. The second-order valence-electron chi connectivity index (χ2n) is 19.3. The van der Waals surface area contributed by atoms with Gasteiger partial charge in [-0.3, -0.25) is 19.2 Å². The lowest BCUT2D eigenvalue weighted by Gasteiger charge is -2.26. The number of hydrogen-bond acceptors (Lipinski definition) is 14. The van der Waals surface area contributed by atoms with Gasteiger partial charge in [0.05, 0.1) is 48.4 Å². The third-order valence-electron chi connectivity index (χ3n) is 13.1. The van der Waals surface area contributed by atoms with Crippen LogP contribution < -0.4 is 30.3 Å². The number of carbonyl (C=O) groups is 4. The van der Waals surface area contributed by atoms with E-state index < -0.39 is 53.3 Å². The molecule has 2 aromatic carbocycles. The summed E-state index contributed by atoms with van der Waals surface area (Å²) in [5.41, 5.74) is -0.265. The third-order valence-corrected chi connectivity index (χ3v) is 13.1. The number of halogens is 2. The Morgan fingerprint density at radius 3 is 1.96 bits per heavy atom. The van der Waals surface area contributed by atoms with Crippen molar-refractivity contribution >= 4 is 52.1 Å². The highest BCUT2D eigenvalue weighted by atomic mass is 19.1. The number of fused-ring (bicyclic) bond motifs is 4. The van der Waals surface area contributed by atoms with Crippen molar-refractivity contribution in [2.24, 2.45) is 0 Å². The third kappa shape index (κ3) is 8.92. The number of aliphatic hydroxyl groups is 2. The lowest BCUT2D eigenvalue weighted by atomic mass is 10.0. The molecular formula is C48H52F2N12O8. The molecule has 0 radical (unpaired) electrons. The Hall–Kier alpha value is -7.30. The largest absolute Gasteiger partial charge is 0.487 e. The molecule has 70 heavy (non-hydrogen) atoms. The number of amides is 4. The molecule has 0 unspecified atom stereocenters. The summed E-state index contributed by atoms with van der Waals surface area (Å²) in [5.74, 6) is -1.25. The first-order valence-corrected chi connectivity index (χ1v) is 23.1. The van der Waals surface area contributed by atoms with Gasteiger partial charge in [-0.2, -0.15) is 5.10 Å². The molecule has 4 atom stereocenters. The minimum atomic E-state index is -1.73. The molecule has 20 nitrogen and oxygen atoms in total. The van der Waals surface area contributed by atoms with Gasteiger partial charge in [0.25, 0.3) is 23.6 Å². The van der Waals surface area contributed by atoms with Gasteiger partial charge in [-0.25, -0.2) is 27.8 Å². The van der Waals surface area contributed by atoms with Crippen molar-refractivity contribution in [3.8, 4) is 11.5 Å². The lowest BCUT2D eigenvalue weighted by Crippen LogP contribution is -2.42. The average molecular weight is 963 g/mol. The van der Waals surface area contributed by atoms with Gasteiger partial charge >= 0.3 is 0 Å². The van der Waals surface area contributed by atoms with Gasteiger partial charge in [-0.1, -0.05) is 0 Å². The summed E-state index contributed by atoms with van der Waals surface area (Å²) in [6.45, 7) is 6.63. The summed E-state index contributed by atoms with van der Waals surface area (Å²) in [6, 6.07) is 9.75. The number of rotatable bonds is 15. The second kappa shape index (κ2) is 17.9. The fraction of sp³-hybridized carbons (Fsp3) is 0.417. The summed E-state index contributed by atoms with van der Waals surface area (Å²) in [5, 5.41) is 38.8. The summed E-state index contributed by atoms with van der Waals surface area (Å²) >= 11 is 0. The summed E-state index contributed by atoms with van der Waals surface area (Å²) in [6.07, 6.45) is 4.68. The van der Waals surface area contributed by atoms with Gasteiger partial charge in [0.1, 0.15) is 47.2 Å². The zero-order valence-electron chi connectivity index (χ0n) is 38.9. The molecule has 0 spiro atoms. The van der Waals surface area contributed by atoms with Crippen molar-refractivity contribution in [2.45, 2.75) is 89.4 Å². The minimum Gasteiger partial charge on any atom is -0.487 e. The highest BCUT2D eigenvalue weighted by Gasteiger charge is 2.39. The maximum absolute atomic E-state index is 15.1. The molecule has 8 heterocycles. The van der Waals surface area contributed by atoms with E-state index in [-0.39, 0.29) is 84.0 Å². The van der Waals surface area contributed by atoms with Crippen molar-refractivity contribution < 1.29 is 47.6 Å². The topological polar surface area (TPSA) is 233 Å². The van der Waals surface area contributed by atoms with E-state index in [1.165, 1.54) is 58.8 Å². The van der Waals surface area contributed by atoms with Crippen LogP contribution in [0.25, 0.3) is 11.3 Å². The number of alkyl halides is 2. The van der Waals surface area contributed by atoms with E-state index >= 15 is 8.78 Å². The Bertz CT molecular complexity index is 3050. The number of ether oxygens (including phenoxy) is 2. The molecule has 4 aromatic heterocycles. The smallest absolute Gasteiger partial charge is 0.263 e. The molecule has 10 rings (SSSR count). The zero-order chi connectivity index (χ0) is 49.2. The molecule has 6 aromatic rings. The van der Waals surface area contributed by atoms with E-state index in [2.05, 4.69) is 31.0 Å². The fourth-order valence-electron chi connectivity index (χ4n) is 9.09. The van der Waals surface area contributed by atoms with Crippen LogP contribution in [0.2, 0.25) is 0 Å². The van der Waals surface area contributed by atoms with Crippen LogP contribution in [0.15, 0.2) is 67.4 Å². The monoisotopic (exact) mass is 962 g/mol. The molecule has 4 amide bonds. The Morgan fingerprint density at radius 2 is 1.37 bits per heavy atom. The summed E-state index contributed by atoms with van der Waals surface area (Å²) in [7, 11) is 0. The number of carbonyl (C=O) groups excluding carboxylic acids is 4. The van der Waals surface area contributed by atoms with Gasteiger partial charge in [0.2, 0.25) is 0 Å². The predicted octanol–water partition coefficient (Wildman–Crippen LogP) is 3.80. The first-order chi connectivity index (χ1) is 33.4. The number of nitrogens with zero attached hydrogens (tertiary/aromatic N) is 9. The van der Waals surface area contributed by atoms with E-state index in [4.69, 9.17) is 14.6 Å². The van der Waals surface area contributed by atoms with E-state index in [0.717, 1.165) is 6.54 Å². The van der Waals surface area contributed by atoms with Crippen LogP contribution >= 0.6 is 0 Å². The van der Waals surface area contributed by atoms with Crippen LogP contribution in [-0.2, 0) is 13.1 Å². The lowest BCUT2D eigenvalue weighted by molar-refractivity contribution is -0.0163. The van der Waals surface area contributed by atoms with Crippen molar-refractivity contribution in [1.29, 1.82) is 0 Å². The van der Waals surface area contributed by atoms with Crippen LogP contribution in [-0.4, -0.2) is 148 Å². The number of anilines is 3. The van der Waals surface area contributed by atoms with Crippen molar-refractivity contribution in [1.82, 2.24) is 44.3 Å². The number of nitrogens with one attached hydrogen (secondary N) is 3. The summed E-state index contributed by atoms with van der Waals surface area (Å²) in [4.78, 5) is 69.2. The number of benzene rings is 2. The molecule has 2 saturated heterocycles. The molecule has 366 valence electrons. The van der Waals surface area contributed by atoms with Gasteiger partial charge in [0, 0.05) is 68.5 Å². The van der Waals surface area contributed by atoms with Crippen molar-refractivity contribution in [3.63, 3.8) is 0 Å². The van der Waals surface area contributed by atoms with E-state index in [0.29, 0.717) is 54.1 Å². The highest BCUT2D eigenvalue weighted by molar-refractivity contribution is 6.13. The SMILES string of the molecule is CC(C)(O)[C@H](F)CN1Cc2cc(NC(=O)c3cnn4cccnc34)c(O[C@H]3CCN(c4nn5cccnc5c4C(=O)Nc4cc5c(cc4O[C@@H]4CCNC4)C(=O)N(C[C@@H](F)C(C)(C)O)C5)C3)cc2C1=O. The fourth-order valence-corrected chi connectivity index (χ4v) is 9.09. The predicted molar refractivity (Wildman–Crippen MR) is 250 cm³/mol. The van der Waals surface area contributed by atoms with E-state index in [1.807, 2.05) is 4.90 Å². The van der Waals surface area contributed by atoms with Crippen molar-refractivity contribution in [3.05, 3.63) is 101 Å². The Kier molecular flexibility index (Phi) is 11.9. The first-order valence-electron chi connectivity index (χ1n) is 23.1. The van der Waals surface area contributed by atoms with Gasteiger partial charge in [-0.05, 0) is 88.2 Å². The average Bonchev–Trinajstić information content (AvgIpc) is 4.19. The van der Waals surface area contributed by atoms with Crippen LogP contribution in [0.3, 0.4) is 0 Å². The molecule has 0 saturated carbocycles. The van der Waals surface area contributed by atoms with Crippen LogP contribution in [0.1, 0.15) is 93.1 Å². The van der Waals surface area contributed by atoms with Crippen LogP contribution in [0.4, 0.5) is 26.0 Å². The molecule has 4 aliphatic rings. The summed E-state index contributed by atoms with van der Waals surface area (Å²) < 4.78 is 46.1. The van der Waals surface area contributed by atoms with Gasteiger partial charge < -0.3 is 50.3 Å². The Labute approximate surface area is 399 Å². The second-order valence-corrected chi connectivity index (χ2v) is 19.3. The maximum atomic E-state index is 15.1. The quantitative estimate of drug-likeness (QED) is 0.0986. The molecule has 4 aliphatic heterocycles. The van der Waals surface area contributed by atoms with E-state index in [9.17, 15) is 29.4 Å². The van der Waals surface area contributed by atoms with Crippen LogP contribution in [0.5, 0.6) is 11.5 Å². The van der Waals surface area contributed by atoms with E-state index in [1.54, 1.807) is 55.1 Å². The molecular weight excluding hydrogens is 911 g/mol. The standard InChI is InChI=1S/C48H52F2N12O8/c1-47(2,67)37(49)24-59-21-26-15-33(55-43(63)32-20-54-61-12-5-9-52-40(32)61)36(18-31(26)46(59)66)70-29-8-14-58(23-29)42-39(41-53-10-6-13-62(41)57-42)44(64)56-34-16-27-22-60(25-38(50)48(3,4)68)45(65)30(27)17-35(34)69-28-7-11-51-19-28/h5-6,9-10,12-13,15-18,20,28-29,37-38,51,67-68H,7-8,11,14,19,21-25H2,1-4H3,(H,55,63)(H,56,64)/t28-,29+,37-,38-/m1/s1. The van der Waals surface area contributed by atoms with Crippen molar-refractivity contribution in [2.75, 3.05) is 54.8 Å².